The van der Waals surface area contributed by atoms with Crippen LogP contribution < -0.4 is 11.5 Å². The van der Waals surface area contributed by atoms with E-state index in [2.05, 4.69) is 11.9 Å². The Hall–Kier alpha value is -3.34. The molecule has 0 aromatic heterocycles. The molecule has 0 aliphatic heterocycles. The summed E-state index contributed by atoms with van der Waals surface area (Å²) in [6, 6.07) is 14.6. The van der Waals surface area contributed by atoms with Crippen LogP contribution in [0.25, 0.3) is 0 Å². The van der Waals surface area contributed by atoms with Crippen LogP contribution in [-0.4, -0.2) is 16.6 Å². The van der Waals surface area contributed by atoms with Gasteiger partial charge in [0.1, 0.15) is 11.5 Å². The Morgan fingerprint density at radius 1 is 0.818 bits per heavy atom. The maximum atomic E-state index is 12.7. The fourth-order valence-corrected chi connectivity index (χ4v) is 3.38. The first kappa shape index (κ1) is 27.7. The van der Waals surface area contributed by atoms with E-state index in [1.165, 1.54) is 6.08 Å². The van der Waals surface area contributed by atoms with Crippen molar-refractivity contribution in [3.05, 3.63) is 77.1 Å². The quantitative estimate of drug-likeness (QED) is 0.238. The lowest BCUT2D eigenvalue weighted by molar-refractivity contribution is -0.109. The Morgan fingerprint density at radius 2 is 1.36 bits per heavy atom. The van der Waals surface area contributed by atoms with Gasteiger partial charge in [-0.2, -0.15) is 0 Å². The van der Waals surface area contributed by atoms with E-state index in [0.29, 0.717) is 35.6 Å². The smallest absolute Gasteiger partial charge is 0.208 e. The van der Waals surface area contributed by atoms with Crippen LogP contribution in [0.5, 0.6) is 0 Å². The van der Waals surface area contributed by atoms with Crippen LogP contribution in [-0.2, 0) is 11.2 Å². The molecule has 0 radical (unpaired) electrons. The number of anilines is 2. The number of rotatable bonds is 7. The number of unbranched alkanes of at least 4 members (excludes halogenated alkanes) is 2. The molecule has 0 amide bonds. The van der Waals surface area contributed by atoms with E-state index in [-0.39, 0.29) is 11.5 Å². The van der Waals surface area contributed by atoms with Crippen molar-refractivity contribution in [2.24, 2.45) is 4.99 Å². The zero-order chi connectivity index (χ0) is 24.8. The van der Waals surface area contributed by atoms with Gasteiger partial charge >= 0.3 is 0 Å². The number of benzene rings is 2. The van der Waals surface area contributed by atoms with Gasteiger partial charge in [-0.15, -0.1) is 0 Å². The van der Waals surface area contributed by atoms with Gasteiger partial charge in [0.05, 0.1) is 5.69 Å². The van der Waals surface area contributed by atoms with Gasteiger partial charge in [0.2, 0.25) is 5.78 Å². The minimum atomic E-state index is -0.271. The topological polar surface area (TPSA) is 102 Å². The number of aliphatic hydroxyl groups is 1. The number of nitrogen functional groups attached to an aromatic ring is 2. The predicted octanol–water partition coefficient (Wildman–Crippen LogP) is 7.12. The molecule has 0 fully saturated rings. The average Bonchev–Trinajstić information content (AvgIpc) is 2.83. The predicted molar refractivity (Wildman–Crippen MR) is 142 cm³/mol. The summed E-state index contributed by atoms with van der Waals surface area (Å²) in [6.07, 6.45) is 5.52. The molecule has 0 heterocycles. The molecule has 0 unspecified atom stereocenters. The number of hydrogen-bond acceptors (Lipinski definition) is 5. The number of nitrogens with zero attached hydrogens (tertiary/aromatic N) is 1. The van der Waals surface area contributed by atoms with E-state index in [0.717, 1.165) is 36.0 Å². The molecule has 5 heteroatoms. The first-order chi connectivity index (χ1) is 16.0. The summed E-state index contributed by atoms with van der Waals surface area (Å²) in [4.78, 5) is 17.3. The number of aliphatic hydroxyl groups excluding tert-OH is 1. The fourth-order valence-electron chi connectivity index (χ4n) is 3.38. The third kappa shape index (κ3) is 8.26. The Labute approximate surface area is 198 Å². The van der Waals surface area contributed by atoms with Crippen LogP contribution >= 0.6 is 0 Å². The van der Waals surface area contributed by atoms with E-state index >= 15 is 0 Å². The maximum absolute atomic E-state index is 12.7. The fraction of sp³-hybridized carbons (Fsp3) is 0.357. The lowest BCUT2D eigenvalue weighted by Gasteiger charge is -2.20. The highest BCUT2D eigenvalue weighted by molar-refractivity contribution is 6.51. The zero-order valence-corrected chi connectivity index (χ0v) is 20.7. The molecule has 1 aliphatic carbocycles. The van der Waals surface area contributed by atoms with Crippen molar-refractivity contribution in [2.45, 2.75) is 66.7 Å². The molecule has 0 saturated heterocycles. The van der Waals surface area contributed by atoms with Crippen molar-refractivity contribution in [1.29, 1.82) is 0 Å². The Kier molecular flexibility index (Phi) is 12.3. The number of carbonyl (C=O) groups excluding carboxylic acids is 1. The van der Waals surface area contributed by atoms with E-state index in [9.17, 15) is 9.90 Å². The van der Waals surface area contributed by atoms with Crippen molar-refractivity contribution in [3.8, 4) is 0 Å². The van der Waals surface area contributed by atoms with Gasteiger partial charge in [0.25, 0.3) is 0 Å². The van der Waals surface area contributed by atoms with Gasteiger partial charge in [-0.25, -0.2) is 4.99 Å². The van der Waals surface area contributed by atoms with Crippen molar-refractivity contribution in [3.63, 3.8) is 0 Å². The SMILES string of the molecule is CC.CC.CCCCCC1=C(Cc2ccc(N)cc2)C(O)=CC(=O)C1=Nc1ccc(N)cc1. The molecule has 3 rings (SSSR count). The van der Waals surface area contributed by atoms with Crippen molar-refractivity contribution in [1.82, 2.24) is 0 Å². The molecule has 178 valence electrons. The summed E-state index contributed by atoms with van der Waals surface area (Å²) in [6.45, 7) is 10.1. The molecule has 5 N–H and O–H groups in total. The van der Waals surface area contributed by atoms with E-state index in [1.807, 2.05) is 52.0 Å². The molecule has 2 aromatic carbocycles. The molecule has 2 aromatic rings. The van der Waals surface area contributed by atoms with Gasteiger partial charge in [-0.3, -0.25) is 4.79 Å². The van der Waals surface area contributed by atoms with E-state index in [1.54, 1.807) is 24.3 Å². The Balaban J connectivity index is 0.00000129. The Morgan fingerprint density at radius 3 is 1.91 bits per heavy atom. The average molecular weight is 450 g/mol. The van der Waals surface area contributed by atoms with Crippen LogP contribution in [0.2, 0.25) is 0 Å². The Bertz CT molecular complexity index is 969. The summed E-state index contributed by atoms with van der Waals surface area (Å²) in [7, 11) is 0. The van der Waals surface area contributed by atoms with Crippen molar-refractivity contribution < 1.29 is 9.90 Å². The highest BCUT2D eigenvalue weighted by Crippen LogP contribution is 2.30. The van der Waals surface area contributed by atoms with Crippen LogP contribution in [0.4, 0.5) is 17.1 Å². The van der Waals surface area contributed by atoms with Crippen LogP contribution in [0, 0.1) is 0 Å². The molecule has 5 nitrogen and oxygen atoms in total. The van der Waals surface area contributed by atoms with E-state index in [4.69, 9.17) is 11.5 Å². The normalized spacial score (nSPS) is 14.2. The van der Waals surface area contributed by atoms with E-state index < -0.39 is 0 Å². The van der Waals surface area contributed by atoms with Crippen LogP contribution in [0.15, 0.2) is 76.5 Å². The minimum absolute atomic E-state index is 0.0228. The maximum Gasteiger partial charge on any atom is 0.208 e. The van der Waals surface area contributed by atoms with Gasteiger partial charge in [0.15, 0.2) is 0 Å². The summed E-state index contributed by atoms with van der Waals surface area (Å²) in [5.41, 5.74) is 16.5. The standard InChI is InChI=1S/C24H27N3O2.2C2H6/c1-2-3-4-5-20-21(14-16-6-8-17(25)9-7-16)22(28)15-23(29)24(20)27-19-12-10-18(26)11-13-19;2*1-2/h6-13,15,28H,2-5,14,25-26H2,1H3;2*1-2H3. The first-order valence-corrected chi connectivity index (χ1v) is 11.9. The molecule has 33 heavy (non-hydrogen) atoms. The number of carbonyl (C=O) groups is 1. The number of nitrogens with two attached hydrogens (primary N) is 2. The second-order valence-corrected chi connectivity index (χ2v) is 7.28. The number of ketones is 1. The van der Waals surface area contributed by atoms with Gasteiger partial charge < -0.3 is 16.6 Å². The zero-order valence-electron chi connectivity index (χ0n) is 20.7. The monoisotopic (exact) mass is 449 g/mol. The van der Waals surface area contributed by atoms with Gasteiger partial charge in [-0.05, 0) is 60.4 Å². The number of hydrogen-bond donors (Lipinski definition) is 3. The minimum Gasteiger partial charge on any atom is -0.508 e. The lowest BCUT2D eigenvalue weighted by Crippen LogP contribution is -2.23. The molecular weight excluding hydrogens is 410 g/mol. The van der Waals surface area contributed by atoms with Crippen LogP contribution in [0.3, 0.4) is 0 Å². The summed E-state index contributed by atoms with van der Waals surface area (Å²) in [5, 5.41) is 10.6. The highest BCUT2D eigenvalue weighted by atomic mass is 16.3. The molecular formula is C28H39N3O2. The third-order valence-electron chi connectivity index (χ3n) is 4.99. The largest absolute Gasteiger partial charge is 0.508 e. The van der Waals surface area contributed by atoms with Crippen LogP contribution in [0.1, 0.15) is 65.9 Å². The summed E-state index contributed by atoms with van der Waals surface area (Å²) < 4.78 is 0. The molecule has 0 bridgehead atoms. The number of allylic oxidation sites excluding steroid dienone is 3. The molecule has 0 atom stereocenters. The highest BCUT2D eigenvalue weighted by Gasteiger charge is 2.26. The second-order valence-electron chi connectivity index (χ2n) is 7.28. The first-order valence-electron chi connectivity index (χ1n) is 11.9. The van der Waals surface area contributed by atoms with Gasteiger partial charge in [-0.1, -0.05) is 59.6 Å². The lowest BCUT2D eigenvalue weighted by atomic mass is 9.86. The molecule has 0 saturated carbocycles. The second kappa shape index (κ2) is 14.7. The molecule has 1 aliphatic rings. The van der Waals surface area contributed by atoms with Gasteiger partial charge in [0, 0.05) is 29.4 Å². The summed E-state index contributed by atoms with van der Waals surface area (Å²) in [5.74, 6) is -0.249. The van der Waals surface area contributed by atoms with Crippen molar-refractivity contribution >= 4 is 28.6 Å². The molecule has 0 spiro atoms. The third-order valence-corrected chi connectivity index (χ3v) is 4.99. The van der Waals surface area contributed by atoms with Crippen molar-refractivity contribution in [2.75, 3.05) is 11.5 Å². The number of aliphatic imine (C=N–C) groups is 1. The summed E-state index contributed by atoms with van der Waals surface area (Å²) >= 11 is 0.